The smallest absolute Gasteiger partial charge is 0.0746 e. The number of anilines is 1. The van der Waals surface area contributed by atoms with Crippen molar-refractivity contribution in [1.29, 1.82) is 0 Å². The van der Waals surface area contributed by atoms with Gasteiger partial charge >= 0.3 is 0 Å². The molecule has 118 valence electrons. The highest BCUT2D eigenvalue weighted by Crippen LogP contribution is 2.31. The van der Waals surface area contributed by atoms with Crippen molar-refractivity contribution in [3.05, 3.63) is 28.8 Å². The average molecular weight is 311 g/mol. The number of piperidine rings is 1. The van der Waals surface area contributed by atoms with E-state index < -0.39 is 0 Å². The molecule has 1 N–H and O–H groups in total. The maximum absolute atomic E-state index is 6.52. The summed E-state index contributed by atoms with van der Waals surface area (Å²) in [4.78, 5) is 2.34. The van der Waals surface area contributed by atoms with Crippen LogP contribution in [0.5, 0.6) is 0 Å². The van der Waals surface area contributed by atoms with Crippen molar-refractivity contribution in [3.8, 4) is 0 Å². The highest BCUT2D eigenvalue weighted by Gasteiger charge is 2.21. The molecule has 1 aliphatic heterocycles. The zero-order valence-electron chi connectivity index (χ0n) is 13.4. The van der Waals surface area contributed by atoms with Crippen molar-refractivity contribution in [2.24, 2.45) is 0 Å². The molecule has 2 atom stereocenters. The fourth-order valence-corrected chi connectivity index (χ4v) is 3.19. The molecule has 2 unspecified atom stereocenters. The van der Waals surface area contributed by atoms with Crippen LogP contribution in [0.4, 0.5) is 5.69 Å². The van der Waals surface area contributed by atoms with E-state index in [1.165, 1.54) is 5.56 Å². The van der Waals surface area contributed by atoms with Crippen molar-refractivity contribution < 1.29 is 4.74 Å². The molecule has 0 amide bonds. The first-order chi connectivity index (χ1) is 10.2. The molecule has 0 saturated carbocycles. The van der Waals surface area contributed by atoms with Gasteiger partial charge in [0.05, 0.1) is 16.8 Å². The zero-order chi connectivity index (χ0) is 15.2. The molecular formula is C17H27ClN2O. The van der Waals surface area contributed by atoms with Gasteiger partial charge in [0, 0.05) is 26.2 Å². The van der Waals surface area contributed by atoms with E-state index in [-0.39, 0.29) is 0 Å². The van der Waals surface area contributed by atoms with Gasteiger partial charge in [-0.15, -0.1) is 0 Å². The van der Waals surface area contributed by atoms with Gasteiger partial charge in [0.2, 0.25) is 0 Å². The molecule has 1 heterocycles. The van der Waals surface area contributed by atoms with Crippen molar-refractivity contribution >= 4 is 17.3 Å². The van der Waals surface area contributed by atoms with Crippen LogP contribution in [-0.4, -0.2) is 32.8 Å². The topological polar surface area (TPSA) is 24.5 Å². The predicted molar refractivity (Wildman–Crippen MR) is 90.4 cm³/mol. The normalized spacial score (nSPS) is 20.6. The molecule has 0 aromatic heterocycles. The zero-order valence-corrected chi connectivity index (χ0v) is 14.1. The van der Waals surface area contributed by atoms with Crippen LogP contribution in [0.3, 0.4) is 0 Å². The maximum atomic E-state index is 6.52. The molecule has 4 heteroatoms. The molecule has 1 aromatic carbocycles. The van der Waals surface area contributed by atoms with Gasteiger partial charge in [-0.05, 0) is 50.4 Å². The summed E-state index contributed by atoms with van der Waals surface area (Å²) in [6.07, 6.45) is 3.76. The van der Waals surface area contributed by atoms with Crippen LogP contribution in [0.1, 0.15) is 44.7 Å². The van der Waals surface area contributed by atoms with Gasteiger partial charge < -0.3 is 15.0 Å². The Bertz CT molecular complexity index is 452. The number of nitrogens with zero attached hydrogens (tertiary/aromatic N) is 1. The minimum atomic E-state index is 0.319. The fraction of sp³-hybridized carbons (Fsp3) is 0.647. The number of nitrogens with one attached hydrogen (secondary N) is 1. The molecule has 1 fully saturated rings. The Labute approximate surface area is 133 Å². The third-order valence-electron chi connectivity index (χ3n) is 4.22. The van der Waals surface area contributed by atoms with E-state index >= 15 is 0 Å². The van der Waals surface area contributed by atoms with Crippen LogP contribution in [0.15, 0.2) is 18.2 Å². The lowest BCUT2D eigenvalue weighted by Crippen LogP contribution is -2.39. The Morgan fingerprint density at radius 2 is 2.29 bits per heavy atom. The number of halogens is 1. The van der Waals surface area contributed by atoms with Crippen LogP contribution in [0.25, 0.3) is 0 Å². The molecule has 21 heavy (non-hydrogen) atoms. The van der Waals surface area contributed by atoms with E-state index in [1.807, 2.05) is 0 Å². The second-order valence-corrected chi connectivity index (χ2v) is 6.24. The number of benzene rings is 1. The molecule has 1 aromatic rings. The monoisotopic (exact) mass is 310 g/mol. The van der Waals surface area contributed by atoms with E-state index in [9.17, 15) is 0 Å². The third kappa shape index (κ3) is 4.35. The van der Waals surface area contributed by atoms with Gasteiger partial charge in [-0.1, -0.05) is 24.6 Å². The number of ether oxygens (including phenoxy) is 1. The van der Waals surface area contributed by atoms with E-state index in [2.05, 4.69) is 42.3 Å². The Hall–Kier alpha value is -0.770. The average Bonchev–Trinajstić information content (AvgIpc) is 2.52. The molecule has 0 aliphatic carbocycles. The first kappa shape index (κ1) is 16.6. The Balaban J connectivity index is 2.08. The SMILES string of the molecule is CCCNC(C)c1ccc(N2CCCC(OC)C2)c(Cl)c1. The van der Waals surface area contributed by atoms with E-state index in [1.54, 1.807) is 7.11 Å². The summed E-state index contributed by atoms with van der Waals surface area (Å²) in [6, 6.07) is 6.77. The van der Waals surface area contributed by atoms with E-state index in [0.29, 0.717) is 12.1 Å². The molecule has 1 saturated heterocycles. The number of hydrogen-bond acceptors (Lipinski definition) is 3. The third-order valence-corrected chi connectivity index (χ3v) is 4.53. The van der Waals surface area contributed by atoms with E-state index in [0.717, 1.165) is 49.6 Å². The summed E-state index contributed by atoms with van der Waals surface area (Å²) in [5, 5.41) is 4.34. The van der Waals surface area contributed by atoms with Crippen LogP contribution in [0, 0.1) is 0 Å². The molecule has 1 aliphatic rings. The number of methoxy groups -OCH3 is 1. The molecule has 2 rings (SSSR count). The minimum absolute atomic E-state index is 0.319. The summed E-state index contributed by atoms with van der Waals surface area (Å²) in [5.74, 6) is 0. The summed E-state index contributed by atoms with van der Waals surface area (Å²) >= 11 is 6.52. The first-order valence-corrected chi connectivity index (χ1v) is 8.34. The van der Waals surface area contributed by atoms with Crippen molar-refractivity contribution in [2.75, 3.05) is 31.6 Å². The lowest BCUT2D eigenvalue weighted by atomic mass is 10.0. The van der Waals surface area contributed by atoms with Gasteiger partial charge in [-0.3, -0.25) is 0 Å². The highest BCUT2D eigenvalue weighted by molar-refractivity contribution is 6.33. The number of hydrogen-bond donors (Lipinski definition) is 1. The second kappa shape index (κ2) is 8.02. The Kier molecular flexibility index (Phi) is 6.34. The Morgan fingerprint density at radius 3 is 2.95 bits per heavy atom. The minimum Gasteiger partial charge on any atom is -0.380 e. The van der Waals surface area contributed by atoms with Gasteiger partial charge in [-0.25, -0.2) is 0 Å². The van der Waals surface area contributed by atoms with Crippen molar-refractivity contribution in [3.63, 3.8) is 0 Å². The Morgan fingerprint density at radius 1 is 1.48 bits per heavy atom. The van der Waals surface area contributed by atoms with E-state index in [4.69, 9.17) is 16.3 Å². The summed E-state index contributed by atoms with van der Waals surface area (Å²) < 4.78 is 5.49. The standard InChI is InChI=1S/C17H27ClN2O/c1-4-9-19-13(2)14-7-8-17(16(18)11-14)20-10-5-6-15(12-20)21-3/h7-8,11,13,15,19H,4-6,9-10,12H2,1-3H3. The summed E-state index contributed by atoms with van der Waals surface area (Å²) in [6.45, 7) is 7.38. The lowest BCUT2D eigenvalue weighted by molar-refractivity contribution is 0.0893. The summed E-state index contributed by atoms with van der Waals surface area (Å²) in [5.41, 5.74) is 2.38. The first-order valence-electron chi connectivity index (χ1n) is 7.96. The van der Waals surface area contributed by atoms with Gasteiger partial charge in [0.1, 0.15) is 0 Å². The lowest BCUT2D eigenvalue weighted by Gasteiger charge is -2.34. The predicted octanol–water partition coefficient (Wildman–Crippen LogP) is 4.02. The summed E-state index contributed by atoms with van der Waals surface area (Å²) in [7, 11) is 1.79. The van der Waals surface area contributed by atoms with Crippen LogP contribution >= 0.6 is 11.6 Å². The number of rotatable bonds is 6. The van der Waals surface area contributed by atoms with Gasteiger partial charge in [-0.2, -0.15) is 0 Å². The molecule has 0 radical (unpaired) electrons. The second-order valence-electron chi connectivity index (χ2n) is 5.83. The van der Waals surface area contributed by atoms with Crippen molar-refractivity contribution in [1.82, 2.24) is 5.32 Å². The van der Waals surface area contributed by atoms with Crippen molar-refractivity contribution in [2.45, 2.75) is 45.3 Å². The molecule has 3 nitrogen and oxygen atoms in total. The largest absolute Gasteiger partial charge is 0.380 e. The molecular weight excluding hydrogens is 284 g/mol. The quantitative estimate of drug-likeness (QED) is 0.859. The van der Waals surface area contributed by atoms with Gasteiger partial charge in [0.25, 0.3) is 0 Å². The van der Waals surface area contributed by atoms with Crippen LogP contribution in [0.2, 0.25) is 5.02 Å². The maximum Gasteiger partial charge on any atom is 0.0746 e. The van der Waals surface area contributed by atoms with Gasteiger partial charge in [0.15, 0.2) is 0 Å². The highest BCUT2D eigenvalue weighted by atomic mass is 35.5. The van der Waals surface area contributed by atoms with Crippen LogP contribution < -0.4 is 10.2 Å². The fourth-order valence-electron chi connectivity index (χ4n) is 2.88. The van der Waals surface area contributed by atoms with Crippen LogP contribution in [-0.2, 0) is 4.74 Å². The molecule has 0 bridgehead atoms. The molecule has 0 spiro atoms.